The fourth-order valence-electron chi connectivity index (χ4n) is 7.23. The summed E-state index contributed by atoms with van der Waals surface area (Å²) in [7, 11) is 0. The summed E-state index contributed by atoms with van der Waals surface area (Å²) in [6.45, 7) is 7.09. The molecular weight excluding hydrogens is 708 g/mol. The van der Waals surface area contributed by atoms with Gasteiger partial charge >= 0.3 is 5.97 Å². The molecule has 11 nitrogen and oxygen atoms in total. The van der Waals surface area contributed by atoms with Gasteiger partial charge in [0, 0.05) is 55.8 Å². The lowest BCUT2D eigenvalue weighted by Gasteiger charge is -2.29. The van der Waals surface area contributed by atoms with Crippen molar-refractivity contribution in [1.29, 1.82) is 5.26 Å². The van der Waals surface area contributed by atoms with Gasteiger partial charge in [0.2, 0.25) is 0 Å². The molecule has 1 saturated heterocycles. The van der Waals surface area contributed by atoms with Gasteiger partial charge in [-0.1, -0.05) is 41.9 Å². The Bertz CT molecular complexity index is 1970. The van der Waals surface area contributed by atoms with E-state index in [-0.39, 0.29) is 25.4 Å². The smallest absolute Gasteiger partial charge is 0.323 e. The number of aliphatic hydroxyl groups excluding tert-OH is 2. The molecule has 12 heteroatoms. The van der Waals surface area contributed by atoms with Gasteiger partial charge < -0.3 is 34.4 Å². The van der Waals surface area contributed by atoms with Crippen molar-refractivity contribution in [3.05, 3.63) is 105 Å². The third-order valence-corrected chi connectivity index (χ3v) is 10.5. The number of likely N-dealkylation sites (tertiary alicyclic amines) is 1. The number of carboxylic acids is 1. The van der Waals surface area contributed by atoms with Crippen LogP contribution >= 0.6 is 11.6 Å². The minimum absolute atomic E-state index is 0.0505. The summed E-state index contributed by atoms with van der Waals surface area (Å²) in [6, 6.07) is 18.4. The van der Waals surface area contributed by atoms with Gasteiger partial charge in [-0.2, -0.15) is 5.26 Å². The minimum Gasteiger partial charge on any atom is -0.493 e. The number of carboxylic acid groups (broad SMARTS) is 1. The highest BCUT2D eigenvalue weighted by Gasteiger charge is 2.29. The van der Waals surface area contributed by atoms with E-state index in [1.807, 2.05) is 18.2 Å². The number of carbonyl (C=O) groups is 1. The topological polar surface area (TPSA) is 157 Å². The second-order valence-electron chi connectivity index (χ2n) is 14.0. The van der Waals surface area contributed by atoms with Gasteiger partial charge in [0.05, 0.1) is 29.4 Å². The van der Waals surface area contributed by atoms with Crippen molar-refractivity contribution >= 4 is 17.6 Å². The van der Waals surface area contributed by atoms with Crippen LogP contribution in [0.5, 0.6) is 17.2 Å². The van der Waals surface area contributed by atoms with E-state index < -0.39 is 18.1 Å². The lowest BCUT2D eigenvalue weighted by molar-refractivity contribution is -0.142. The Balaban J connectivity index is 1.19. The number of aliphatic carboxylic acids is 1. The van der Waals surface area contributed by atoms with Crippen LogP contribution in [0.1, 0.15) is 72.1 Å². The first-order chi connectivity index (χ1) is 26.1. The van der Waals surface area contributed by atoms with Gasteiger partial charge in [-0.25, -0.2) is 0 Å². The van der Waals surface area contributed by atoms with E-state index in [0.29, 0.717) is 39.8 Å². The van der Waals surface area contributed by atoms with Crippen LogP contribution in [-0.4, -0.2) is 75.7 Å². The summed E-state index contributed by atoms with van der Waals surface area (Å²) in [6.07, 6.45) is 5.65. The minimum atomic E-state index is -1.20. The van der Waals surface area contributed by atoms with E-state index in [1.165, 1.54) is 18.7 Å². The molecule has 0 saturated carbocycles. The van der Waals surface area contributed by atoms with Crippen LogP contribution in [0.4, 0.5) is 0 Å². The first kappa shape index (κ1) is 39.0. The van der Waals surface area contributed by atoms with Gasteiger partial charge in [-0.05, 0) is 92.0 Å². The molecule has 1 fully saturated rings. The summed E-state index contributed by atoms with van der Waals surface area (Å²) >= 11 is 6.82. The van der Waals surface area contributed by atoms with Crippen molar-refractivity contribution in [2.24, 2.45) is 0 Å². The van der Waals surface area contributed by atoms with E-state index in [4.69, 9.17) is 25.8 Å². The van der Waals surface area contributed by atoms with Crippen LogP contribution in [0.3, 0.4) is 0 Å². The zero-order valence-electron chi connectivity index (χ0n) is 30.6. The normalized spacial score (nSPS) is 17.0. The number of benzene rings is 3. The first-order valence-corrected chi connectivity index (χ1v) is 18.8. The molecule has 3 atom stereocenters. The molecule has 0 spiro atoms. The van der Waals surface area contributed by atoms with E-state index in [2.05, 4.69) is 46.4 Å². The number of hydrogen-bond donors (Lipinski definition) is 4. The van der Waals surface area contributed by atoms with Crippen LogP contribution < -0.4 is 19.5 Å². The molecule has 1 aliphatic heterocycles. The van der Waals surface area contributed by atoms with Gasteiger partial charge in [0.25, 0.3) is 0 Å². The molecule has 284 valence electrons. The van der Waals surface area contributed by atoms with Crippen molar-refractivity contribution in [3.8, 4) is 34.4 Å². The predicted molar refractivity (Wildman–Crippen MR) is 205 cm³/mol. The largest absolute Gasteiger partial charge is 0.493 e. The van der Waals surface area contributed by atoms with Gasteiger partial charge in [0.1, 0.15) is 42.1 Å². The third-order valence-electron chi connectivity index (χ3n) is 10.2. The SMILES string of the molecule is Cc1c(OCCCN2CCC(O)CC2)cccc1-c1cccc2c1CC[C@@H]2Oc1cc(OCc2cncc(C#N)c2)c(CN[C@H](C(=O)O)C(C)O)cc1Cl. The quantitative estimate of drug-likeness (QED) is 0.0942. The Labute approximate surface area is 321 Å². The molecule has 1 unspecified atom stereocenters. The number of pyridine rings is 1. The van der Waals surface area contributed by atoms with Crippen molar-refractivity contribution < 1.29 is 34.3 Å². The number of nitrogens with one attached hydrogen (secondary N) is 1. The molecule has 3 aromatic carbocycles. The number of ether oxygens (including phenoxy) is 3. The number of fused-ring (bicyclic) bond motifs is 1. The van der Waals surface area contributed by atoms with Crippen molar-refractivity contribution in [1.82, 2.24) is 15.2 Å². The molecular formula is C42H47ClN4O7. The average molecular weight is 755 g/mol. The Morgan fingerprint density at radius 3 is 2.59 bits per heavy atom. The molecule has 2 aliphatic rings. The molecule has 2 heterocycles. The molecule has 6 rings (SSSR count). The maximum atomic E-state index is 11.7. The molecule has 4 aromatic rings. The molecule has 0 bridgehead atoms. The maximum absolute atomic E-state index is 11.7. The standard InChI is InChI=1S/C42H47ClN4O7/c1-26-32(6-4-9-37(26)52-17-5-14-47-15-12-31(49)13-16-47)33-7-3-8-35-34(33)10-11-38(35)54-40-20-39(53-25-29-18-28(21-44)22-45-23-29)30(19-36(40)43)24-46-41(27(2)48)42(50)51/h3-4,6-9,18-20,22-23,27,31,38,41,46,48-49H,5,10-17,24-25H2,1-2H3,(H,50,51)/t27?,38-,41-/m0/s1. The Kier molecular flexibility index (Phi) is 13.1. The number of rotatable bonds is 16. The van der Waals surface area contributed by atoms with Crippen LogP contribution in [0, 0.1) is 18.3 Å². The second kappa shape index (κ2) is 18.1. The number of nitrogens with zero attached hydrogens (tertiary/aromatic N) is 3. The van der Waals surface area contributed by atoms with Crippen molar-refractivity contribution in [2.75, 3.05) is 26.2 Å². The Morgan fingerprint density at radius 1 is 1.06 bits per heavy atom. The fraction of sp³-hybridized carbons (Fsp3) is 0.405. The van der Waals surface area contributed by atoms with Crippen molar-refractivity contribution in [3.63, 3.8) is 0 Å². The summed E-state index contributed by atoms with van der Waals surface area (Å²) in [5.41, 5.74) is 7.29. The molecule has 0 radical (unpaired) electrons. The average Bonchev–Trinajstić information content (AvgIpc) is 3.58. The lowest BCUT2D eigenvalue weighted by atomic mass is 9.93. The summed E-state index contributed by atoms with van der Waals surface area (Å²) in [5.74, 6) is 0.517. The number of aliphatic hydroxyl groups is 2. The van der Waals surface area contributed by atoms with Crippen LogP contribution in [0.15, 0.2) is 67.0 Å². The van der Waals surface area contributed by atoms with Crippen LogP contribution in [-0.2, 0) is 24.4 Å². The monoisotopic (exact) mass is 754 g/mol. The number of nitriles is 1. The van der Waals surface area contributed by atoms with Crippen LogP contribution in [0.2, 0.25) is 5.02 Å². The molecule has 1 aliphatic carbocycles. The predicted octanol–water partition coefficient (Wildman–Crippen LogP) is 6.38. The highest BCUT2D eigenvalue weighted by Crippen LogP contribution is 2.44. The number of aromatic nitrogens is 1. The Morgan fingerprint density at radius 2 is 1.83 bits per heavy atom. The molecule has 4 N–H and O–H groups in total. The van der Waals surface area contributed by atoms with E-state index in [0.717, 1.165) is 79.7 Å². The highest BCUT2D eigenvalue weighted by molar-refractivity contribution is 6.32. The highest BCUT2D eigenvalue weighted by atomic mass is 35.5. The van der Waals surface area contributed by atoms with Gasteiger partial charge in [0.15, 0.2) is 0 Å². The number of halogens is 1. The summed E-state index contributed by atoms with van der Waals surface area (Å²) in [5, 5.41) is 41.9. The zero-order chi connectivity index (χ0) is 38.2. The molecule has 1 aromatic heterocycles. The number of piperidine rings is 1. The van der Waals surface area contributed by atoms with Crippen LogP contribution in [0.25, 0.3) is 11.1 Å². The van der Waals surface area contributed by atoms with E-state index in [1.54, 1.807) is 24.4 Å². The zero-order valence-corrected chi connectivity index (χ0v) is 31.4. The van der Waals surface area contributed by atoms with Gasteiger partial charge in [-0.3, -0.25) is 15.1 Å². The number of hydrogen-bond acceptors (Lipinski definition) is 10. The third kappa shape index (κ3) is 9.50. The molecule has 54 heavy (non-hydrogen) atoms. The van der Waals surface area contributed by atoms with Gasteiger partial charge in [-0.15, -0.1) is 0 Å². The van der Waals surface area contributed by atoms with E-state index >= 15 is 0 Å². The van der Waals surface area contributed by atoms with E-state index in [9.17, 15) is 25.4 Å². The maximum Gasteiger partial charge on any atom is 0.323 e. The fourth-order valence-corrected chi connectivity index (χ4v) is 7.46. The first-order valence-electron chi connectivity index (χ1n) is 18.5. The molecule has 0 amide bonds. The van der Waals surface area contributed by atoms with Crippen molar-refractivity contribution in [2.45, 2.75) is 83.5 Å². The summed E-state index contributed by atoms with van der Waals surface area (Å²) < 4.78 is 19.1. The Hall–Kier alpha value is -4.70. The summed E-state index contributed by atoms with van der Waals surface area (Å²) in [4.78, 5) is 18.3. The second-order valence-corrected chi connectivity index (χ2v) is 14.4. The lowest BCUT2D eigenvalue weighted by Crippen LogP contribution is -2.44.